The van der Waals surface area contributed by atoms with Crippen LogP contribution in [0.25, 0.3) is 0 Å². The average molecular weight is 291 g/mol. The van der Waals surface area contributed by atoms with E-state index in [2.05, 4.69) is 0 Å². The van der Waals surface area contributed by atoms with Crippen molar-refractivity contribution < 1.29 is 14.6 Å². The predicted molar refractivity (Wildman–Crippen MR) is 82.6 cm³/mol. The Balaban J connectivity index is 2.00. The molecule has 1 aromatic rings. The first-order valence-corrected chi connectivity index (χ1v) is 7.70. The van der Waals surface area contributed by atoms with Crippen LogP contribution in [0.15, 0.2) is 18.2 Å². The quantitative estimate of drug-likeness (QED) is 0.849. The van der Waals surface area contributed by atoms with E-state index in [1.165, 1.54) is 6.42 Å². The van der Waals surface area contributed by atoms with E-state index in [9.17, 15) is 9.90 Å². The lowest BCUT2D eigenvalue weighted by Crippen LogP contribution is -2.40. The number of aromatic hydroxyl groups is 1. The molecule has 0 aromatic heterocycles. The molecule has 1 heterocycles. The number of nitrogens with zero attached hydrogens (tertiary/aromatic N) is 1. The highest BCUT2D eigenvalue weighted by Gasteiger charge is 2.25. The third-order valence-corrected chi connectivity index (χ3v) is 4.24. The maximum atomic E-state index is 12.6. The SMILES string of the molecule is COCCC[C@@H]1CCCN(C(=O)c2cccc(C)c2O)C1. The summed E-state index contributed by atoms with van der Waals surface area (Å²) < 4.78 is 5.09. The molecule has 116 valence electrons. The maximum Gasteiger partial charge on any atom is 0.257 e. The van der Waals surface area contributed by atoms with Crippen molar-refractivity contribution in [1.29, 1.82) is 0 Å². The van der Waals surface area contributed by atoms with Crippen LogP contribution in [0.2, 0.25) is 0 Å². The standard InChI is InChI=1S/C17H25NO3/c1-13-6-3-9-15(16(13)19)17(20)18-10-4-7-14(12-18)8-5-11-21-2/h3,6,9,14,19H,4-5,7-8,10-12H2,1-2H3/t14-/m0/s1. The van der Waals surface area contributed by atoms with Crippen molar-refractivity contribution in [3.63, 3.8) is 0 Å². The van der Waals surface area contributed by atoms with Gasteiger partial charge in [-0.1, -0.05) is 12.1 Å². The van der Waals surface area contributed by atoms with Crippen LogP contribution in [0.4, 0.5) is 0 Å². The minimum atomic E-state index is -0.0485. The number of hydrogen-bond acceptors (Lipinski definition) is 3. The number of likely N-dealkylation sites (tertiary alicyclic amines) is 1. The van der Waals surface area contributed by atoms with Crippen LogP contribution < -0.4 is 0 Å². The molecule has 1 aromatic carbocycles. The molecule has 1 fully saturated rings. The first kappa shape index (κ1) is 15.8. The first-order chi connectivity index (χ1) is 10.1. The molecule has 0 saturated carbocycles. The van der Waals surface area contributed by atoms with Gasteiger partial charge in [-0.2, -0.15) is 0 Å². The van der Waals surface area contributed by atoms with Gasteiger partial charge in [0.1, 0.15) is 5.75 Å². The summed E-state index contributed by atoms with van der Waals surface area (Å²) >= 11 is 0. The number of hydrogen-bond donors (Lipinski definition) is 1. The van der Waals surface area contributed by atoms with E-state index in [1.807, 2.05) is 24.0 Å². The van der Waals surface area contributed by atoms with E-state index in [4.69, 9.17) is 4.74 Å². The van der Waals surface area contributed by atoms with Crippen molar-refractivity contribution in [2.75, 3.05) is 26.8 Å². The van der Waals surface area contributed by atoms with Crippen molar-refractivity contribution in [3.8, 4) is 5.75 Å². The number of aryl methyl sites for hydroxylation is 1. The summed E-state index contributed by atoms with van der Waals surface area (Å²) in [6.07, 6.45) is 4.35. The van der Waals surface area contributed by atoms with Gasteiger partial charge in [-0.3, -0.25) is 4.79 Å². The van der Waals surface area contributed by atoms with Crippen LogP contribution in [-0.4, -0.2) is 42.7 Å². The summed E-state index contributed by atoms with van der Waals surface area (Å²) in [6.45, 7) is 4.17. The molecule has 1 atom stereocenters. The summed E-state index contributed by atoms with van der Waals surface area (Å²) in [5, 5.41) is 10.1. The number of carbonyl (C=O) groups is 1. The summed E-state index contributed by atoms with van der Waals surface area (Å²) in [6, 6.07) is 5.34. The molecule has 2 rings (SSSR count). The molecule has 0 spiro atoms. The number of para-hydroxylation sites is 1. The monoisotopic (exact) mass is 291 g/mol. The molecular formula is C17H25NO3. The smallest absolute Gasteiger partial charge is 0.257 e. The highest BCUT2D eigenvalue weighted by atomic mass is 16.5. The van der Waals surface area contributed by atoms with Gasteiger partial charge < -0.3 is 14.7 Å². The molecule has 1 saturated heterocycles. The zero-order valence-electron chi connectivity index (χ0n) is 13.0. The Morgan fingerprint density at radius 2 is 2.29 bits per heavy atom. The molecule has 1 N–H and O–H groups in total. The topological polar surface area (TPSA) is 49.8 Å². The average Bonchev–Trinajstić information content (AvgIpc) is 2.50. The third kappa shape index (κ3) is 3.97. The van der Waals surface area contributed by atoms with Gasteiger partial charge >= 0.3 is 0 Å². The second-order valence-electron chi connectivity index (χ2n) is 5.87. The Morgan fingerprint density at radius 1 is 1.48 bits per heavy atom. The lowest BCUT2D eigenvalue weighted by molar-refractivity contribution is 0.0657. The van der Waals surface area contributed by atoms with E-state index < -0.39 is 0 Å². The van der Waals surface area contributed by atoms with Gasteiger partial charge in [0.25, 0.3) is 5.91 Å². The van der Waals surface area contributed by atoms with Gasteiger partial charge in [0.2, 0.25) is 0 Å². The van der Waals surface area contributed by atoms with E-state index in [-0.39, 0.29) is 11.7 Å². The number of methoxy groups -OCH3 is 1. The number of benzene rings is 1. The first-order valence-electron chi connectivity index (χ1n) is 7.70. The van der Waals surface area contributed by atoms with Gasteiger partial charge in [0.05, 0.1) is 5.56 Å². The Morgan fingerprint density at radius 3 is 3.05 bits per heavy atom. The van der Waals surface area contributed by atoms with E-state index in [0.29, 0.717) is 11.5 Å². The Bertz CT molecular complexity index is 487. The Kier molecular flexibility index (Phi) is 5.62. The zero-order chi connectivity index (χ0) is 15.2. The zero-order valence-corrected chi connectivity index (χ0v) is 13.0. The summed E-state index contributed by atoms with van der Waals surface area (Å²) in [5.74, 6) is 0.612. The van der Waals surface area contributed by atoms with E-state index in [1.54, 1.807) is 13.2 Å². The number of amides is 1. The van der Waals surface area contributed by atoms with Crippen molar-refractivity contribution >= 4 is 5.91 Å². The van der Waals surface area contributed by atoms with Crippen LogP contribution in [0, 0.1) is 12.8 Å². The third-order valence-electron chi connectivity index (χ3n) is 4.24. The summed E-state index contributed by atoms with van der Waals surface area (Å²) in [7, 11) is 1.72. The molecule has 0 unspecified atom stereocenters. The molecular weight excluding hydrogens is 266 g/mol. The van der Waals surface area contributed by atoms with Crippen LogP contribution in [0.5, 0.6) is 5.75 Å². The number of ether oxygens (including phenoxy) is 1. The van der Waals surface area contributed by atoms with Gasteiger partial charge in [0, 0.05) is 26.8 Å². The van der Waals surface area contributed by atoms with Gasteiger partial charge in [-0.15, -0.1) is 0 Å². The largest absolute Gasteiger partial charge is 0.507 e. The molecule has 1 amide bonds. The molecule has 21 heavy (non-hydrogen) atoms. The number of piperidine rings is 1. The van der Waals surface area contributed by atoms with E-state index in [0.717, 1.165) is 44.5 Å². The predicted octanol–water partition coefficient (Wildman–Crippen LogP) is 2.98. The normalized spacial score (nSPS) is 18.8. The van der Waals surface area contributed by atoms with Gasteiger partial charge in [-0.25, -0.2) is 0 Å². The van der Waals surface area contributed by atoms with Crippen LogP contribution >= 0.6 is 0 Å². The minimum absolute atomic E-state index is 0.0485. The maximum absolute atomic E-state index is 12.6. The van der Waals surface area contributed by atoms with Crippen molar-refractivity contribution in [3.05, 3.63) is 29.3 Å². The molecule has 4 heteroatoms. The molecule has 4 nitrogen and oxygen atoms in total. The molecule has 0 bridgehead atoms. The fraction of sp³-hybridized carbons (Fsp3) is 0.588. The summed E-state index contributed by atoms with van der Waals surface area (Å²) in [5.41, 5.74) is 1.17. The second kappa shape index (κ2) is 7.46. The number of carbonyl (C=O) groups excluding carboxylic acids is 1. The van der Waals surface area contributed by atoms with Crippen LogP contribution in [0.1, 0.15) is 41.6 Å². The fourth-order valence-corrected chi connectivity index (χ4v) is 3.00. The highest BCUT2D eigenvalue weighted by molar-refractivity contribution is 5.97. The lowest BCUT2D eigenvalue weighted by Gasteiger charge is -2.33. The number of phenolic OH excluding ortho intramolecular Hbond substituents is 1. The van der Waals surface area contributed by atoms with Crippen LogP contribution in [0.3, 0.4) is 0 Å². The number of rotatable bonds is 5. The molecule has 1 aliphatic heterocycles. The second-order valence-corrected chi connectivity index (χ2v) is 5.87. The summed E-state index contributed by atoms with van der Waals surface area (Å²) in [4.78, 5) is 14.5. The molecule has 0 radical (unpaired) electrons. The van der Waals surface area contributed by atoms with Crippen molar-refractivity contribution in [1.82, 2.24) is 4.90 Å². The lowest BCUT2D eigenvalue weighted by atomic mass is 9.93. The van der Waals surface area contributed by atoms with E-state index >= 15 is 0 Å². The van der Waals surface area contributed by atoms with Crippen molar-refractivity contribution in [2.24, 2.45) is 5.92 Å². The van der Waals surface area contributed by atoms with Gasteiger partial charge in [0.15, 0.2) is 0 Å². The van der Waals surface area contributed by atoms with Gasteiger partial charge in [-0.05, 0) is 50.2 Å². The minimum Gasteiger partial charge on any atom is -0.507 e. The Hall–Kier alpha value is -1.55. The van der Waals surface area contributed by atoms with Crippen molar-refractivity contribution in [2.45, 2.75) is 32.6 Å². The molecule has 1 aliphatic rings. The number of phenols is 1. The Labute approximate surface area is 126 Å². The highest BCUT2D eigenvalue weighted by Crippen LogP contribution is 2.26. The van der Waals surface area contributed by atoms with Crippen LogP contribution in [-0.2, 0) is 4.74 Å². The fourth-order valence-electron chi connectivity index (χ4n) is 3.00. The molecule has 0 aliphatic carbocycles.